The van der Waals surface area contributed by atoms with Crippen molar-refractivity contribution in [1.82, 2.24) is 4.98 Å². The number of nitrogens with zero attached hydrogens (tertiary/aromatic N) is 1. The van der Waals surface area contributed by atoms with Gasteiger partial charge in [0.2, 0.25) is 10.0 Å². The van der Waals surface area contributed by atoms with Gasteiger partial charge in [0.05, 0.1) is 24.2 Å². The van der Waals surface area contributed by atoms with Crippen LogP contribution in [-0.2, 0) is 10.0 Å². The lowest BCUT2D eigenvalue weighted by atomic mass is 10.3. The summed E-state index contributed by atoms with van der Waals surface area (Å²) in [6.07, 6.45) is 4.25. The van der Waals surface area contributed by atoms with E-state index in [1.807, 2.05) is 0 Å². The van der Waals surface area contributed by atoms with Crippen molar-refractivity contribution in [2.75, 3.05) is 11.0 Å². The first-order valence-electron chi connectivity index (χ1n) is 5.29. The lowest BCUT2D eigenvalue weighted by molar-refractivity contribution is 0.0995. The quantitative estimate of drug-likeness (QED) is 0.788. The molecule has 1 aromatic heterocycles. The second-order valence-electron chi connectivity index (χ2n) is 4.12. The second kappa shape index (κ2) is 4.45. The predicted octanol–water partition coefficient (Wildman–Crippen LogP) is 0.0932. The van der Waals surface area contributed by atoms with Crippen molar-refractivity contribution in [1.29, 1.82) is 0 Å². The number of nitrogens with one attached hydrogen (secondary N) is 1. The third-order valence-corrected chi connectivity index (χ3v) is 2.82. The number of ether oxygens (including phenoxy) is 1. The van der Waals surface area contributed by atoms with E-state index in [1.54, 1.807) is 0 Å². The van der Waals surface area contributed by atoms with E-state index in [2.05, 4.69) is 9.71 Å². The molecule has 0 unspecified atom stereocenters. The molecule has 1 heterocycles. The third-order valence-electron chi connectivity index (χ3n) is 2.23. The Morgan fingerprint density at radius 2 is 2.22 bits per heavy atom. The summed E-state index contributed by atoms with van der Waals surface area (Å²) in [5.74, 6) is -0.433. The van der Waals surface area contributed by atoms with Gasteiger partial charge in [0.1, 0.15) is 5.69 Å². The van der Waals surface area contributed by atoms with Crippen molar-refractivity contribution in [2.45, 2.75) is 18.9 Å². The van der Waals surface area contributed by atoms with E-state index < -0.39 is 15.9 Å². The van der Waals surface area contributed by atoms with Crippen LogP contribution < -0.4 is 15.2 Å². The maximum Gasteiger partial charge on any atom is 0.267 e. The maximum absolute atomic E-state index is 11.2. The Labute approximate surface area is 104 Å². The highest BCUT2D eigenvalue weighted by atomic mass is 32.2. The molecule has 0 radical (unpaired) electrons. The van der Waals surface area contributed by atoms with Crippen LogP contribution in [0.5, 0.6) is 5.75 Å². The van der Waals surface area contributed by atoms with Crippen molar-refractivity contribution < 1.29 is 17.9 Å². The summed E-state index contributed by atoms with van der Waals surface area (Å²) in [4.78, 5) is 14.8. The number of hydrogen-bond donors (Lipinski definition) is 2. The Hall–Kier alpha value is -1.83. The molecule has 0 saturated heterocycles. The number of carbonyl (C=O) groups excluding carboxylic acids is 1. The van der Waals surface area contributed by atoms with Gasteiger partial charge in [-0.1, -0.05) is 0 Å². The molecule has 1 saturated carbocycles. The molecule has 0 aromatic carbocycles. The first-order valence-corrected chi connectivity index (χ1v) is 7.18. The lowest BCUT2D eigenvalue weighted by Gasteiger charge is -2.12. The summed E-state index contributed by atoms with van der Waals surface area (Å²) in [6.45, 7) is 0. The average molecular weight is 271 g/mol. The van der Waals surface area contributed by atoms with Crippen molar-refractivity contribution in [3.05, 3.63) is 18.0 Å². The van der Waals surface area contributed by atoms with Gasteiger partial charge in [0, 0.05) is 0 Å². The number of carbonyl (C=O) groups is 1. The molecule has 2 rings (SSSR count). The van der Waals surface area contributed by atoms with Gasteiger partial charge in [-0.25, -0.2) is 13.4 Å². The van der Waals surface area contributed by atoms with Gasteiger partial charge >= 0.3 is 0 Å². The van der Waals surface area contributed by atoms with Crippen molar-refractivity contribution in [3.63, 3.8) is 0 Å². The number of hydrogen-bond acceptors (Lipinski definition) is 5. The molecule has 1 amide bonds. The fourth-order valence-electron chi connectivity index (χ4n) is 1.32. The Morgan fingerprint density at radius 3 is 2.72 bits per heavy atom. The predicted molar refractivity (Wildman–Crippen MR) is 64.9 cm³/mol. The van der Waals surface area contributed by atoms with Crippen LogP contribution in [0, 0.1) is 0 Å². The number of primary amides is 1. The molecular weight excluding hydrogens is 258 g/mol. The van der Waals surface area contributed by atoms with Gasteiger partial charge in [-0.05, 0) is 18.9 Å². The van der Waals surface area contributed by atoms with Crippen molar-refractivity contribution in [2.24, 2.45) is 5.73 Å². The van der Waals surface area contributed by atoms with Crippen LogP contribution in [-0.4, -0.2) is 31.7 Å². The molecule has 1 fully saturated rings. The van der Waals surface area contributed by atoms with Crippen LogP contribution in [0.4, 0.5) is 5.69 Å². The fraction of sp³-hybridized carbons (Fsp3) is 0.400. The van der Waals surface area contributed by atoms with E-state index in [4.69, 9.17) is 10.5 Å². The molecule has 0 atom stereocenters. The SMILES string of the molecule is CS(=O)(=O)Nc1cc(C(N)=O)ncc1OC1CC1. The van der Waals surface area contributed by atoms with E-state index in [-0.39, 0.29) is 17.5 Å². The first kappa shape index (κ1) is 12.6. The molecule has 98 valence electrons. The van der Waals surface area contributed by atoms with Gasteiger partial charge in [-0.3, -0.25) is 9.52 Å². The Balaban J connectivity index is 2.35. The summed E-state index contributed by atoms with van der Waals surface area (Å²) >= 11 is 0. The molecule has 0 aliphatic heterocycles. The zero-order valence-electron chi connectivity index (χ0n) is 9.71. The summed E-state index contributed by atoms with van der Waals surface area (Å²) in [6, 6.07) is 1.26. The van der Waals surface area contributed by atoms with Crippen LogP contribution in [0.15, 0.2) is 12.3 Å². The fourth-order valence-corrected chi connectivity index (χ4v) is 1.88. The lowest BCUT2D eigenvalue weighted by Crippen LogP contribution is -2.16. The molecule has 8 heteroatoms. The van der Waals surface area contributed by atoms with E-state index in [1.165, 1.54) is 12.3 Å². The zero-order valence-corrected chi connectivity index (χ0v) is 10.5. The highest BCUT2D eigenvalue weighted by Gasteiger charge is 2.25. The number of nitrogens with two attached hydrogens (primary N) is 1. The van der Waals surface area contributed by atoms with E-state index >= 15 is 0 Å². The minimum absolute atomic E-state index is 0.0238. The number of aromatic nitrogens is 1. The van der Waals surface area contributed by atoms with E-state index in [0.29, 0.717) is 5.75 Å². The zero-order chi connectivity index (χ0) is 13.3. The Morgan fingerprint density at radius 1 is 1.56 bits per heavy atom. The molecule has 0 bridgehead atoms. The van der Waals surface area contributed by atoms with Crippen LogP contribution in [0.2, 0.25) is 0 Å². The molecule has 3 N–H and O–H groups in total. The van der Waals surface area contributed by atoms with Gasteiger partial charge < -0.3 is 10.5 Å². The van der Waals surface area contributed by atoms with Crippen LogP contribution in [0.1, 0.15) is 23.3 Å². The number of anilines is 1. The minimum atomic E-state index is -3.47. The molecule has 18 heavy (non-hydrogen) atoms. The summed E-state index contributed by atoms with van der Waals surface area (Å²) < 4.78 is 30.2. The number of amides is 1. The normalized spacial score (nSPS) is 15.2. The molecule has 1 aromatic rings. The summed E-state index contributed by atoms with van der Waals surface area (Å²) in [5.41, 5.74) is 5.24. The van der Waals surface area contributed by atoms with Crippen LogP contribution in [0.3, 0.4) is 0 Å². The molecular formula is C10H13N3O4S. The van der Waals surface area contributed by atoms with Gasteiger partial charge in [-0.15, -0.1) is 0 Å². The number of rotatable bonds is 5. The molecule has 0 spiro atoms. The highest BCUT2D eigenvalue weighted by Crippen LogP contribution is 2.32. The average Bonchev–Trinajstić information content (AvgIpc) is 3.02. The summed E-state index contributed by atoms with van der Waals surface area (Å²) in [7, 11) is -3.47. The van der Waals surface area contributed by atoms with Gasteiger partial charge in [-0.2, -0.15) is 0 Å². The van der Waals surface area contributed by atoms with Crippen LogP contribution in [0.25, 0.3) is 0 Å². The van der Waals surface area contributed by atoms with Crippen LogP contribution >= 0.6 is 0 Å². The third kappa shape index (κ3) is 3.33. The van der Waals surface area contributed by atoms with Crippen molar-refractivity contribution in [3.8, 4) is 5.75 Å². The molecule has 1 aliphatic rings. The number of pyridine rings is 1. The van der Waals surface area contributed by atoms with E-state index in [0.717, 1.165) is 19.1 Å². The monoisotopic (exact) mass is 271 g/mol. The first-order chi connectivity index (χ1) is 8.35. The smallest absolute Gasteiger partial charge is 0.267 e. The Bertz CT molecular complexity index is 581. The van der Waals surface area contributed by atoms with Gasteiger partial charge in [0.15, 0.2) is 5.75 Å². The topological polar surface area (TPSA) is 111 Å². The standard InChI is InChI=1S/C10H13N3O4S/c1-18(15,16)13-7-4-8(10(11)14)12-5-9(7)17-6-2-3-6/h4-6H,2-3H2,1H3,(H2,11,14)(H,12,13). The summed E-state index contributed by atoms with van der Waals surface area (Å²) in [5, 5.41) is 0. The van der Waals surface area contributed by atoms with Crippen molar-refractivity contribution >= 4 is 21.6 Å². The molecule has 7 nitrogen and oxygen atoms in total. The van der Waals surface area contributed by atoms with E-state index in [9.17, 15) is 13.2 Å². The van der Waals surface area contributed by atoms with Gasteiger partial charge in [0.25, 0.3) is 5.91 Å². The second-order valence-corrected chi connectivity index (χ2v) is 5.87. The largest absolute Gasteiger partial charge is 0.487 e. The number of sulfonamides is 1. The Kier molecular flexibility index (Phi) is 3.12. The highest BCUT2D eigenvalue weighted by molar-refractivity contribution is 7.92. The minimum Gasteiger partial charge on any atom is -0.487 e. The maximum atomic E-state index is 11.2. The molecule has 1 aliphatic carbocycles.